The molecule has 7 nitrogen and oxygen atoms in total. The third kappa shape index (κ3) is 3.95. The van der Waals surface area contributed by atoms with E-state index in [1.807, 2.05) is 0 Å². The maximum Gasteiger partial charge on any atom is 0.229 e. The van der Waals surface area contributed by atoms with Crippen LogP contribution in [-0.4, -0.2) is 31.3 Å². The maximum absolute atomic E-state index is 13.1. The molecule has 0 bridgehead atoms. The van der Waals surface area contributed by atoms with Crippen molar-refractivity contribution >= 4 is 5.95 Å². The summed E-state index contributed by atoms with van der Waals surface area (Å²) in [4.78, 5) is 11.2. The first-order chi connectivity index (χ1) is 13.6. The fourth-order valence-corrected chi connectivity index (χ4v) is 3.48. The lowest BCUT2D eigenvalue weighted by Crippen LogP contribution is -2.27. The van der Waals surface area contributed by atoms with Gasteiger partial charge in [0, 0.05) is 25.4 Å². The topological polar surface area (TPSA) is 69.0 Å². The molecule has 8 heteroatoms. The molecular formula is C20H23FN6O. The van der Waals surface area contributed by atoms with Crippen LogP contribution in [0.5, 0.6) is 11.6 Å². The Balaban J connectivity index is 1.56. The Labute approximate surface area is 163 Å². The van der Waals surface area contributed by atoms with Gasteiger partial charge in [0.1, 0.15) is 17.9 Å². The summed E-state index contributed by atoms with van der Waals surface area (Å²) in [6.07, 6.45) is 5.48. The molecular weight excluding hydrogens is 359 g/mol. The lowest BCUT2D eigenvalue weighted by molar-refractivity contribution is 0.457. The molecule has 0 aliphatic carbocycles. The van der Waals surface area contributed by atoms with Crippen molar-refractivity contribution in [3.63, 3.8) is 0 Å². The number of nitrogens with zero attached hydrogens (tertiary/aromatic N) is 6. The number of hydrogen-bond acceptors (Lipinski definition) is 6. The molecule has 1 aliphatic heterocycles. The molecule has 3 aromatic rings. The van der Waals surface area contributed by atoms with E-state index >= 15 is 0 Å². The standard InChI is InChI=1S/C20H23FN6O/c1-14(2)12-26-13-23-25-19(26)17-4-3-11-27(17)20-22-10-9-18(24-20)28-16-7-5-15(21)6-8-16/h5-10,13-14,17H,3-4,11-12H2,1-2H3. The smallest absolute Gasteiger partial charge is 0.229 e. The van der Waals surface area contributed by atoms with E-state index in [4.69, 9.17) is 4.74 Å². The van der Waals surface area contributed by atoms with E-state index in [9.17, 15) is 4.39 Å². The van der Waals surface area contributed by atoms with Crippen LogP contribution in [-0.2, 0) is 6.54 Å². The van der Waals surface area contributed by atoms with E-state index in [0.29, 0.717) is 23.5 Å². The number of halogens is 1. The van der Waals surface area contributed by atoms with Gasteiger partial charge in [-0.05, 0) is 43.0 Å². The molecule has 1 unspecified atom stereocenters. The summed E-state index contributed by atoms with van der Waals surface area (Å²) >= 11 is 0. The van der Waals surface area contributed by atoms with Crippen molar-refractivity contribution in [2.75, 3.05) is 11.4 Å². The van der Waals surface area contributed by atoms with E-state index in [-0.39, 0.29) is 11.9 Å². The molecule has 3 heterocycles. The van der Waals surface area contributed by atoms with Crippen LogP contribution in [0.1, 0.15) is 38.6 Å². The molecule has 2 aromatic heterocycles. The van der Waals surface area contributed by atoms with Crippen LogP contribution >= 0.6 is 0 Å². The van der Waals surface area contributed by atoms with Crippen LogP contribution in [0.3, 0.4) is 0 Å². The Morgan fingerprint density at radius 3 is 2.82 bits per heavy atom. The van der Waals surface area contributed by atoms with Crippen LogP contribution in [0, 0.1) is 11.7 Å². The van der Waals surface area contributed by atoms with Gasteiger partial charge >= 0.3 is 0 Å². The molecule has 146 valence electrons. The fourth-order valence-electron chi connectivity index (χ4n) is 3.48. The normalized spacial score (nSPS) is 16.7. The average Bonchev–Trinajstić information content (AvgIpc) is 3.32. The summed E-state index contributed by atoms with van der Waals surface area (Å²) in [6.45, 7) is 6.07. The summed E-state index contributed by atoms with van der Waals surface area (Å²) in [7, 11) is 0. The monoisotopic (exact) mass is 382 g/mol. The van der Waals surface area contributed by atoms with Crippen LogP contribution in [0.4, 0.5) is 10.3 Å². The van der Waals surface area contributed by atoms with Gasteiger partial charge in [0.05, 0.1) is 6.04 Å². The van der Waals surface area contributed by atoms with Gasteiger partial charge in [0.2, 0.25) is 11.8 Å². The first kappa shape index (κ1) is 18.3. The van der Waals surface area contributed by atoms with Crippen molar-refractivity contribution in [3.05, 3.63) is 54.5 Å². The van der Waals surface area contributed by atoms with Gasteiger partial charge in [0.25, 0.3) is 0 Å². The number of rotatable bonds is 6. The molecule has 0 radical (unpaired) electrons. The molecule has 0 spiro atoms. The van der Waals surface area contributed by atoms with Gasteiger partial charge in [-0.15, -0.1) is 10.2 Å². The summed E-state index contributed by atoms with van der Waals surface area (Å²) in [5.74, 6) is 2.70. The van der Waals surface area contributed by atoms with E-state index in [2.05, 4.69) is 43.5 Å². The van der Waals surface area contributed by atoms with Crippen molar-refractivity contribution in [2.24, 2.45) is 5.92 Å². The Morgan fingerprint density at radius 2 is 2.04 bits per heavy atom. The Hall–Kier alpha value is -3.03. The molecule has 0 saturated carbocycles. The van der Waals surface area contributed by atoms with E-state index in [0.717, 1.165) is 31.8 Å². The molecule has 4 rings (SSSR count). The molecule has 0 N–H and O–H groups in total. The van der Waals surface area contributed by atoms with Crippen LogP contribution in [0.15, 0.2) is 42.9 Å². The van der Waals surface area contributed by atoms with Crippen molar-refractivity contribution in [1.82, 2.24) is 24.7 Å². The SMILES string of the molecule is CC(C)Cn1cnnc1C1CCCN1c1nccc(Oc2ccc(F)cc2)n1. The van der Waals surface area contributed by atoms with Crippen molar-refractivity contribution < 1.29 is 9.13 Å². The third-order valence-corrected chi connectivity index (χ3v) is 4.67. The van der Waals surface area contributed by atoms with Crippen LogP contribution in [0.25, 0.3) is 0 Å². The van der Waals surface area contributed by atoms with Gasteiger partial charge < -0.3 is 14.2 Å². The Kier molecular flexibility index (Phi) is 5.18. The van der Waals surface area contributed by atoms with Gasteiger partial charge in [-0.2, -0.15) is 4.98 Å². The lowest BCUT2D eigenvalue weighted by Gasteiger charge is -2.24. The van der Waals surface area contributed by atoms with Gasteiger partial charge in [-0.25, -0.2) is 9.37 Å². The van der Waals surface area contributed by atoms with E-state index in [1.54, 1.807) is 30.7 Å². The second-order valence-electron chi connectivity index (χ2n) is 7.34. The zero-order chi connectivity index (χ0) is 19.5. The highest BCUT2D eigenvalue weighted by atomic mass is 19.1. The summed E-state index contributed by atoms with van der Waals surface area (Å²) in [5.41, 5.74) is 0. The van der Waals surface area contributed by atoms with E-state index in [1.165, 1.54) is 12.1 Å². The quantitative estimate of drug-likeness (QED) is 0.642. The first-order valence-corrected chi connectivity index (χ1v) is 9.51. The highest BCUT2D eigenvalue weighted by Gasteiger charge is 2.32. The average molecular weight is 382 g/mol. The van der Waals surface area contributed by atoms with Crippen molar-refractivity contribution in [3.8, 4) is 11.6 Å². The minimum atomic E-state index is -0.304. The number of ether oxygens (including phenoxy) is 1. The zero-order valence-electron chi connectivity index (χ0n) is 16.0. The van der Waals surface area contributed by atoms with Gasteiger partial charge in [-0.1, -0.05) is 13.8 Å². The van der Waals surface area contributed by atoms with Crippen LogP contribution < -0.4 is 9.64 Å². The maximum atomic E-state index is 13.1. The van der Waals surface area contributed by atoms with Crippen molar-refractivity contribution in [1.29, 1.82) is 0 Å². The minimum Gasteiger partial charge on any atom is -0.439 e. The predicted octanol–water partition coefficient (Wildman–Crippen LogP) is 4.00. The highest BCUT2D eigenvalue weighted by molar-refractivity contribution is 5.38. The highest BCUT2D eigenvalue weighted by Crippen LogP contribution is 2.34. The molecule has 0 amide bonds. The summed E-state index contributed by atoms with van der Waals surface area (Å²) in [6, 6.07) is 7.64. The molecule has 1 atom stereocenters. The summed E-state index contributed by atoms with van der Waals surface area (Å²) in [5, 5.41) is 8.49. The van der Waals surface area contributed by atoms with Crippen molar-refractivity contribution in [2.45, 2.75) is 39.3 Å². The molecule has 1 saturated heterocycles. The molecule has 1 fully saturated rings. The number of anilines is 1. The largest absolute Gasteiger partial charge is 0.439 e. The Bertz CT molecular complexity index is 926. The number of aromatic nitrogens is 5. The lowest BCUT2D eigenvalue weighted by atomic mass is 10.2. The van der Waals surface area contributed by atoms with E-state index < -0.39 is 0 Å². The van der Waals surface area contributed by atoms with Gasteiger partial charge in [0.15, 0.2) is 5.82 Å². The third-order valence-electron chi connectivity index (χ3n) is 4.67. The van der Waals surface area contributed by atoms with Crippen LogP contribution in [0.2, 0.25) is 0 Å². The molecule has 1 aromatic carbocycles. The molecule has 28 heavy (non-hydrogen) atoms. The van der Waals surface area contributed by atoms with Gasteiger partial charge in [-0.3, -0.25) is 0 Å². The number of hydrogen-bond donors (Lipinski definition) is 0. The minimum absolute atomic E-state index is 0.0855. The second-order valence-corrected chi connectivity index (χ2v) is 7.34. The molecule has 1 aliphatic rings. The number of benzene rings is 1. The summed E-state index contributed by atoms with van der Waals surface area (Å²) < 4.78 is 21.0. The first-order valence-electron chi connectivity index (χ1n) is 9.51. The fraction of sp³-hybridized carbons (Fsp3) is 0.400. The Morgan fingerprint density at radius 1 is 1.21 bits per heavy atom. The predicted molar refractivity (Wildman–Crippen MR) is 103 cm³/mol. The zero-order valence-corrected chi connectivity index (χ0v) is 16.0. The second kappa shape index (κ2) is 7.92.